The predicted molar refractivity (Wildman–Crippen MR) is 106 cm³/mol. The van der Waals surface area contributed by atoms with Crippen LogP contribution < -0.4 is 0 Å². The summed E-state index contributed by atoms with van der Waals surface area (Å²) in [5, 5.41) is 0. The van der Waals surface area contributed by atoms with Gasteiger partial charge in [-0.1, -0.05) is 57.5 Å². The van der Waals surface area contributed by atoms with E-state index in [0.29, 0.717) is 25.0 Å². The molecule has 1 aromatic rings. The van der Waals surface area contributed by atoms with Gasteiger partial charge in [-0.05, 0) is 29.0 Å². The quantitative estimate of drug-likeness (QED) is 0.705. The number of halogens is 1. The molecule has 0 amide bonds. The molecule has 136 valence electrons. The Bertz CT molecular complexity index is 668. The average Bonchev–Trinajstić information content (AvgIpc) is 3.15. The van der Waals surface area contributed by atoms with E-state index in [2.05, 4.69) is 63.5 Å². The smallest absolute Gasteiger partial charge is 0.216 e. The first kappa shape index (κ1) is 18.4. The molecule has 0 fully saturated rings. The van der Waals surface area contributed by atoms with Gasteiger partial charge in [0, 0.05) is 15.6 Å². The third-order valence-electron chi connectivity index (χ3n) is 4.69. The van der Waals surface area contributed by atoms with E-state index in [1.54, 1.807) is 0 Å². The van der Waals surface area contributed by atoms with Crippen LogP contribution in [-0.2, 0) is 9.47 Å². The Labute approximate surface area is 158 Å². The van der Waals surface area contributed by atoms with Crippen LogP contribution in [0.2, 0.25) is 0 Å². The molecule has 0 saturated heterocycles. The van der Waals surface area contributed by atoms with Crippen molar-refractivity contribution < 1.29 is 9.47 Å². The number of hydrogen-bond donors (Lipinski definition) is 0. The zero-order valence-corrected chi connectivity index (χ0v) is 17.5. The lowest BCUT2D eigenvalue weighted by atomic mass is 9.88. The summed E-state index contributed by atoms with van der Waals surface area (Å²) < 4.78 is 12.7. The van der Waals surface area contributed by atoms with Gasteiger partial charge >= 0.3 is 0 Å². The number of aliphatic imine (C=N–C) groups is 2. The third-order valence-corrected chi connectivity index (χ3v) is 5.15. The maximum Gasteiger partial charge on any atom is 0.216 e. The fourth-order valence-electron chi connectivity index (χ4n) is 2.79. The zero-order valence-electron chi connectivity index (χ0n) is 15.9. The summed E-state index contributed by atoms with van der Waals surface area (Å²) in [6.45, 7) is 14.4. The van der Waals surface area contributed by atoms with E-state index in [1.165, 1.54) is 0 Å². The van der Waals surface area contributed by atoms with Crippen molar-refractivity contribution in [3.63, 3.8) is 0 Å². The number of nitrogens with zero attached hydrogens (tertiary/aromatic N) is 2. The second-order valence-corrected chi connectivity index (χ2v) is 9.90. The Morgan fingerprint density at radius 2 is 1.20 bits per heavy atom. The highest BCUT2D eigenvalue weighted by atomic mass is 79.9. The van der Waals surface area contributed by atoms with E-state index in [0.717, 1.165) is 15.6 Å². The van der Waals surface area contributed by atoms with Gasteiger partial charge in [0.25, 0.3) is 0 Å². The van der Waals surface area contributed by atoms with Crippen LogP contribution in [0, 0.1) is 10.8 Å². The van der Waals surface area contributed by atoms with Crippen molar-refractivity contribution >= 4 is 27.7 Å². The van der Waals surface area contributed by atoms with Gasteiger partial charge in [0.15, 0.2) is 0 Å². The Hall–Kier alpha value is -1.36. The molecule has 0 saturated carbocycles. The van der Waals surface area contributed by atoms with Crippen molar-refractivity contribution in [2.45, 2.75) is 53.6 Å². The van der Waals surface area contributed by atoms with Crippen LogP contribution in [-0.4, -0.2) is 37.1 Å². The van der Waals surface area contributed by atoms with Crippen molar-refractivity contribution in [2.24, 2.45) is 20.8 Å². The molecular weight excluding hydrogens is 380 g/mol. The van der Waals surface area contributed by atoms with E-state index in [-0.39, 0.29) is 22.9 Å². The Morgan fingerprint density at radius 1 is 0.800 bits per heavy atom. The molecule has 2 heterocycles. The first-order valence-electron chi connectivity index (χ1n) is 8.76. The fourth-order valence-corrected chi connectivity index (χ4v) is 3.28. The second kappa shape index (κ2) is 6.42. The summed E-state index contributed by atoms with van der Waals surface area (Å²) in [7, 11) is 0. The van der Waals surface area contributed by atoms with Gasteiger partial charge in [-0.3, -0.25) is 0 Å². The van der Waals surface area contributed by atoms with Crippen LogP contribution in [0.15, 0.2) is 32.7 Å². The zero-order chi connectivity index (χ0) is 18.4. The lowest BCUT2D eigenvalue weighted by Crippen LogP contribution is -2.25. The summed E-state index contributed by atoms with van der Waals surface area (Å²) in [4.78, 5) is 9.57. The molecule has 0 spiro atoms. The van der Waals surface area contributed by atoms with Gasteiger partial charge in [-0.15, -0.1) is 0 Å². The molecule has 0 unspecified atom stereocenters. The van der Waals surface area contributed by atoms with Crippen molar-refractivity contribution in [2.75, 3.05) is 13.2 Å². The lowest BCUT2D eigenvalue weighted by Gasteiger charge is -2.21. The molecule has 25 heavy (non-hydrogen) atoms. The minimum Gasteiger partial charge on any atom is -0.475 e. The number of benzene rings is 1. The summed E-state index contributed by atoms with van der Waals surface area (Å²) in [5.41, 5.74) is 2.10. The van der Waals surface area contributed by atoms with Crippen LogP contribution in [0.3, 0.4) is 0 Å². The van der Waals surface area contributed by atoms with Crippen LogP contribution >= 0.6 is 15.9 Å². The Kier molecular flexibility index (Phi) is 4.73. The maximum atomic E-state index is 5.87. The average molecular weight is 407 g/mol. The van der Waals surface area contributed by atoms with Crippen molar-refractivity contribution in [1.29, 1.82) is 0 Å². The van der Waals surface area contributed by atoms with Gasteiger partial charge in [0.2, 0.25) is 11.8 Å². The van der Waals surface area contributed by atoms with Gasteiger partial charge in [-0.25, -0.2) is 9.98 Å². The van der Waals surface area contributed by atoms with Crippen LogP contribution in [0.5, 0.6) is 0 Å². The molecule has 0 N–H and O–H groups in total. The molecule has 3 rings (SSSR count). The molecule has 0 aromatic heterocycles. The second-order valence-electron chi connectivity index (χ2n) is 8.98. The largest absolute Gasteiger partial charge is 0.475 e. The first-order valence-corrected chi connectivity index (χ1v) is 9.56. The SMILES string of the molecule is CC(C)(C)[C@@H]1COC(c2cc(Br)cc(C3=N[C@H](C(C)(C)C)CO3)c2)=N1. The van der Waals surface area contributed by atoms with Gasteiger partial charge in [-0.2, -0.15) is 0 Å². The predicted octanol–water partition coefficient (Wildman–Crippen LogP) is 4.83. The number of hydrogen-bond acceptors (Lipinski definition) is 4. The first-order chi connectivity index (χ1) is 11.5. The van der Waals surface area contributed by atoms with E-state index < -0.39 is 0 Å². The van der Waals surface area contributed by atoms with Crippen LogP contribution in [0.25, 0.3) is 0 Å². The van der Waals surface area contributed by atoms with Crippen LogP contribution in [0.4, 0.5) is 0 Å². The summed E-state index contributed by atoms with van der Waals surface area (Å²) in [5.74, 6) is 1.40. The van der Waals surface area contributed by atoms with Crippen LogP contribution in [0.1, 0.15) is 52.7 Å². The molecule has 0 aliphatic carbocycles. The summed E-state index contributed by atoms with van der Waals surface area (Å²) in [6.07, 6.45) is 0. The number of ether oxygens (including phenoxy) is 2. The molecule has 1 aromatic carbocycles. The highest BCUT2D eigenvalue weighted by molar-refractivity contribution is 9.10. The molecular formula is C20H27BrN2O2. The maximum absolute atomic E-state index is 5.87. The molecule has 2 aliphatic rings. The normalized spacial score (nSPS) is 23.8. The lowest BCUT2D eigenvalue weighted by molar-refractivity contribution is 0.236. The minimum atomic E-state index is 0.0924. The monoisotopic (exact) mass is 406 g/mol. The van der Waals surface area contributed by atoms with E-state index in [4.69, 9.17) is 19.5 Å². The fraction of sp³-hybridized carbons (Fsp3) is 0.600. The highest BCUT2D eigenvalue weighted by Crippen LogP contribution is 2.30. The summed E-state index contributed by atoms with van der Waals surface area (Å²) >= 11 is 3.60. The van der Waals surface area contributed by atoms with E-state index >= 15 is 0 Å². The van der Waals surface area contributed by atoms with E-state index in [1.807, 2.05) is 12.1 Å². The summed E-state index contributed by atoms with van der Waals surface area (Å²) in [6, 6.07) is 6.47. The van der Waals surface area contributed by atoms with Crippen molar-refractivity contribution in [3.05, 3.63) is 33.8 Å². The molecule has 0 radical (unpaired) electrons. The molecule has 5 heteroatoms. The molecule has 4 nitrogen and oxygen atoms in total. The minimum absolute atomic E-state index is 0.0924. The molecule has 2 aliphatic heterocycles. The molecule has 2 atom stereocenters. The Balaban J connectivity index is 1.90. The van der Waals surface area contributed by atoms with Gasteiger partial charge in [0.1, 0.15) is 13.2 Å². The van der Waals surface area contributed by atoms with Gasteiger partial charge in [0.05, 0.1) is 12.1 Å². The highest BCUT2D eigenvalue weighted by Gasteiger charge is 2.32. The van der Waals surface area contributed by atoms with Crippen molar-refractivity contribution in [1.82, 2.24) is 0 Å². The standard InChI is InChI=1S/C20H27BrN2O2/c1-19(2,3)15-10-24-17(22-15)12-7-13(9-14(21)8-12)18-23-16(11-25-18)20(4,5)6/h7-9,15-16H,10-11H2,1-6H3/t15-,16-/m0/s1. The molecule has 0 bridgehead atoms. The number of rotatable bonds is 2. The Morgan fingerprint density at radius 3 is 1.52 bits per heavy atom. The van der Waals surface area contributed by atoms with E-state index in [9.17, 15) is 0 Å². The van der Waals surface area contributed by atoms with Crippen molar-refractivity contribution in [3.8, 4) is 0 Å². The van der Waals surface area contributed by atoms with Gasteiger partial charge < -0.3 is 9.47 Å². The third kappa shape index (κ3) is 4.08. The topological polar surface area (TPSA) is 43.2 Å².